The molecule has 0 aliphatic carbocycles. The number of rotatable bonds is 9. The zero-order valence-electron chi connectivity index (χ0n) is 24.4. The topological polar surface area (TPSA) is 133 Å². The molecule has 1 saturated heterocycles. The van der Waals surface area contributed by atoms with Crippen molar-refractivity contribution in [3.8, 4) is 11.5 Å². The van der Waals surface area contributed by atoms with Crippen molar-refractivity contribution in [2.45, 2.75) is 78.0 Å². The number of hydrogen-bond acceptors (Lipinski definition) is 11. The van der Waals surface area contributed by atoms with E-state index in [4.69, 9.17) is 33.2 Å². The second-order valence-electron chi connectivity index (χ2n) is 10.2. The van der Waals surface area contributed by atoms with E-state index in [0.717, 1.165) is 23.1 Å². The third-order valence-corrected chi connectivity index (χ3v) is 6.93. The van der Waals surface area contributed by atoms with Crippen molar-refractivity contribution in [1.82, 2.24) is 0 Å². The lowest BCUT2D eigenvalue weighted by Crippen LogP contribution is -2.59. The fourth-order valence-corrected chi connectivity index (χ4v) is 5.25. The summed E-state index contributed by atoms with van der Waals surface area (Å²) in [5.41, 5.74) is 3.74. The highest BCUT2D eigenvalue weighted by molar-refractivity contribution is 5.69. The van der Waals surface area contributed by atoms with Gasteiger partial charge >= 0.3 is 23.9 Å². The van der Waals surface area contributed by atoms with Crippen molar-refractivity contribution in [2.24, 2.45) is 0 Å². The summed E-state index contributed by atoms with van der Waals surface area (Å²) < 4.78 is 39.7. The summed E-state index contributed by atoms with van der Waals surface area (Å²) in [4.78, 5) is 48.1. The number of ether oxygens (including phenoxy) is 7. The van der Waals surface area contributed by atoms with Gasteiger partial charge in [0, 0.05) is 27.7 Å². The maximum Gasteiger partial charge on any atom is 0.303 e. The molecule has 2 aliphatic heterocycles. The molecule has 11 heteroatoms. The lowest BCUT2D eigenvalue weighted by Gasteiger charge is -2.44. The molecule has 2 aromatic rings. The zero-order chi connectivity index (χ0) is 30.4. The second-order valence-corrected chi connectivity index (χ2v) is 10.2. The number of aryl methyl sites for hydroxylation is 1. The quantitative estimate of drug-likeness (QED) is 0.317. The monoisotopic (exact) mass is 584 g/mol. The van der Waals surface area contributed by atoms with Crippen LogP contribution in [0.2, 0.25) is 0 Å². The standard InChI is InChI=1S/C31H36O11/c1-6-22-8-9-23(15-24(22)13-21-7-10-25-26(14-21)37-12-11-36-25)28-30(40-19(4)34)31(41-20(5)35)29(39-18(3)33)27(42-28)16-38-17(2)32/h7-10,14-15,27-31H,6,11-13,16H2,1-5H3/t27-,28+,29-,30+,31+/m1/s1. The maximum absolute atomic E-state index is 12.3. The molecule has 0 aromatic heterocycles. The Bertz CT molecular complexity index is 1320. The first-order valence-corrected chi connectivity index (χ1v) is 13.9. The van der Waals surface area contributed by atoms with E-state index in [1.54, 1.807) is 0 Å². The molecule has 42 heavy (non-hydrogen) atoms. The molecule has 11 nitrogen and oxygen atoms in total. The highest BCUT2D eigenvalue weighted by atomic mass is 16.7. The molecule has 0 saturated carbocycles. The predicted molar refractivity (Wildman–Crippen MR) is 147 cm³/mol. The average Bonchev–Trinajstić information content (AvgIpc) is 2.93. The normalized spacial score (nSPS) is 22.9. The summed E-state index contributed by atoms with van der Waals surface area (Å²) in [5, 5.41) is 0. The van der Waals surface area contributed by atoms with E-state index in [0.29, 0.717) is 36.7 Å². The van der Waals surface area contributed by atoms with Crippen LogP contribution in [0.15, 0.2) is 36.4 Å². The SMILES string of the molecule is CCc1ccc([C@@H]2O[C@H](COC(C)=O)[C@@H](OC(C)=O)[C@H](OC(C)=O)[C@H]2OC(C)=O)cc1Cc1ccc2c(c1)OCCO2. The van der Waals surface area contributed by atoms with Crippen LogP contribution in [0.3, 0.4) is 0 Å². The van der Waals surface area contributed by atoms with Gasteiger partial charge in [-0.2, -0.15) is 0 Å². The molecule has 2 aromatic carbocycles. The van der Waals surface area contributed by atoms with Crippen molar-refractivity contribution in [3.63, 3.8) is 0 Å². The fraction of sp³-hybridized carbons (Fsp3) is 0.484. The first-order valence-electron chi connectivity index (χ1n) is 13.9. The van der Waals surface area contributed by atoms with E-state index >= 15 is 0 Å². The van der Waals surface area contributed by atoms with Crippen molar-refractivity contribution < 1.29 is 52.3 Å². The smallest absolute Gasteiger partial charge is 0.303 e. The van der Waals surface area contributed by atoms with E-state index in [-0.39, 0.29) is 6.61 Å². The van der Waals surface area contributed by atoms with Crippen LogP contribution in [0.4, 0.5) is 0 Å². The van der Waals surface area contributed by atoms with Gasteiger partial charge in [-0.1, -0.05) is 31.2 Å². The summed E-state index contributed by atoms with van der Waals surface area (Å²) in [5.74, 6) is -1.19. The Morgan fingerprint density at radius 3 is 2.02 bits per heavy atom. The molecule has 2 aliphatic rings. The molecule has 1 fully saturated rings. The van der Waals surface area contributed by atoms with Crippen LogP contribution in [0.5, 0.6) is 11.5 Å². The number of benzene rings is 2. The minimum absolute atomic E-state index is 0.286. The summed E-state index contributed by atoms with van der Waals surface area (Å²) in [6, 6.07) is 11.6. The molecule has 0 radical (unpaired) electrons. The molecule has 0 N–H and O–H groups in total. The Morgan fingerprint density at radius 2 is 1.38 bits per heavy atom. The van der Waals surface area contributed by atoms with Crippen LogP contribution in [-0.2, 0) is 55.7 Å². The van der Waals surface area contributed by atoms with Gasteiger partial charge in [0.15, 0.2) is 29.8 Å². The number of esters is 4. The third kappa shape index (κ3) is 7.58. The highest BCUT2D eigenvalue weighted by Crippen LogP contribution is 2.39. The second kappa shape index (κ2) is 13.7. The van der Waals surface area contributed by atoms with Crippen LogP contribution in [0, 0.1) is 0 Å². The van der Waals surface area contributed by atoms with E-state index in [9.17, 15) is 19.2 Å². The molecular formula is C31H36O11. The van der Waals surface area contributed by atoms with Gasteiger partial charge in [0.2, 0.25) is 0 Å². The number of hydrogen-bond donors (Lipinski definition) is 0. The van der Waals surface area contributed by atoms with Crippen LogP contribution < -0.4 is 9.47 Å². The fourth-order valence-electron chi connectivity index (χ4n) is 5.25. The summed E-state index contributed by atoms with van der Waals surface area (Å²) in [7, 11) is 0. The molecule has 0 spiro atoms. The van der Waals surface area contributed by atoms with Crippen molar-refractivity contribution >= 4 is 23.9 Å². The predicted octanol–water partition coefficient (Wildman–Crippen LogP) is 3.41. The number of fused-ring (bicyclic) bond motifs is 1. The molecule has 4 rings (SSSR count). The highest BCUT2D eigenvalue weighted by Gasteiger charge is 2.52. The van der Waals surface area contributed by atoms with Crippen LogP contribution in [-0.4, -0.2) is 68.1 Å². The zero-order valence-corrected chi connectivity index (χ0v) is 24.4. The largest absolute Gasteiger partial charge is 0.486 e. The van der Waals surface area contributed by atoms with Crippen molar-refractivity contribution in [3.05, 3.63) is 58.7 Å². The molecular weight excluding hydrogens is 548 g/mol. The van der Waals surface area contributed by atoms with E-state index in [1.807, 2.05) is 36.4 Å². The molecule has 226 valence electrons. The molecule has 2 heterocycles. The third-order valence-electron chi connectivity index (χ3n) is 6.93. The Hall–Kier alpha value is -4.12. The molecule has 0 unspecified atom stereocenters. The van der Waals surface area contributed by atoms with Crippen molar-refractivity contribution in [1.29, 1.82) is 0 Å². The minimum Gasteiger partial charge on any atom is -0.486 e. The molecule has 0 bridgehead atoms. The first-order chi connectivity index (χ1) is 20.0. The van der Waals surface area contributed by atoms with Gasteiger partial charge in [0.25, 0.3) is 0 Å². The van der Waals surface area contributed by atoms with Gasteiger partial charge in [0.1, 0.15) is 32.0 Å². The van der Waals surface area contributed by atoms with Crippen LogP contribution in [0.1, 0.15) is 63.0 Å². The Kier molecular flexibility index (Phi) is 10.1. The van der Waals surface area contributed by atoms with Gasteiger partial charge in [-0.25, -0.2) is 0 Å². The Morgan fingerprint density at radius 1 is 0.738 bits per heavy atom. The van der Waals surface area contributed by atoms with Gasteiger partial charge in [-0.15, -0.1) is 0 Å². The molecule has 0 amide bonds. The van der Waals surface area contributed by atoms with E-state index in [2.05, 4.69) is 6.92 Å². The van der Waals surface area contributed by atoms with Gasteiger partial charge in [-0.05, 0) is 47.2 Å². The number of carbonyl (C=O) groups excluding carboxylic acids is 4. The summed E-state index contributed by atoms with van der Waals surface area (Å²) in [6.45, 7) is 7.60. The Balaban J connectivity index is 1.75. The summed E-state index contributed by atoms with van der Waals surface area (Å²) >= 11 is 0. The lowest BCUT2D eigenvalue weighted by molar-refractivity contribution is -0.254. The molecule has 5 atom stereocenters. The van der Waals surface area contributed by atoms with Crippen molar-refractivity contribution in [2.75, 3.05) is 19.8 Å². The minimum atomic E-state index is -1.23. The Labute approximate surface area is 244 Å². The van der Waals surface area contributed by atoms with Gasteiger partial charge < -0.3 is 33.2 Å². The van der Waals surface area contributed by atoms with Crippen LogP contribution in [0.25, 0.3) is 0 Å². The first kappa shape index (κ1) is 30.8. The van der Waals surface area contributed by atoms with E-state index in [1.165, 1.54) is 27.7 Å². The summed E-state index contributed by atoms with van der Waals surface area (Å²) in [6.07, 6.45) is -4.25. The maximum atomic E-state index is 12.3. The number of carbonyl (C=O) groups is 4. The van der Waals surface area contributed by atoms with Gasteiger partial charge in [0.05, 0.1) is 0 Å². The average molecular weight is 585 g/mol. The van der Waals surface area contributed by atoms with Gasteiger partial charge in [-0.3, -0.25) is 19.2 Å². The lowest BCUT2D eigenvalue weighted by atomic mass is 9.88. The van der Waals surface area contributed by atoms with Crippen LogP contribution >= 0.6 is 0 Å². The van der Waals surface area contributed by atoms with E-state index < -0.39 is 54.4 Å².